The molecule has 1 heterocycles. The number of amides is 1. The predicted molar refractivity (Wildman–Crippen MR) is 71.5 cm³/mol. The van der Waals surface area contributed by atoms with Gasteiger partial charge in [-0.2, -0.15) is 0 Å². The highest BCUT2D eigenvalue weighted by atomic mass is 35.5. The van der Waals surface area contributed by atoms with E-state index < -0.39 is 0 Å². The number of nitrogens with one attached hydrogen (secondary N) is 1. The fourth-order valence-corrected chi connectivity index (χ4v) is 2.81. The second-order valence-electron chi connectivity index (χ2n) is 3.82. The Morgan fingerprint density at radius 1 is 1.65 bits per heavy atom. The molecule has 1 atom stereocenters. The van der Waals surface area contributed by atoms with Crippen LogP contribution in [0.25, 0.3) is 10.2 Å². The fourth-order valence-electron chi connectivity index (χ4n) is 1.54. The molecule has 0 fully saturated rings. The first-order chi connectivity index (χ1) is 8.06. The lowest BCUT2D eigenvalue weighted by atomic mass is 10.2. The van der Waals surface area contributed by atoms with Gasteiger partial charge in [0.15, 0.2) is 5.13 Å². The molecule has 0 aliphatic carbocycles. The number of thiazole rings is 1. The van der Waals surface area contributed by atoms with E-state index in [0.29, 0.717) is 5.02 Å². The number of carbonyl (C=O) groups excluding carboxylic acids is 1. The van der Waals surface area contributed by atoms with Crippen molar-refractivity contribution >= 4 is 44.2 Å². The number of rotatable bonds is 4. The van der Waals surface area contributed by atoms with Crippen LogP contribution in [-0.2, 0) is 4.79 Å². The van der Waals surface area contributed by atoms with Gasteiger partial charge in [-0.25, -0.2) is 4.98 Å². The van der Waals surface area contributed by atoms with Gasteiger partial charge in [0.1, 0.15) is 0 Å². The van der Waals surface area contributed by atoms with Gasteiger partial charge in [-0.3, -0.25) is 4.79 Å². The quantitative estimate of drug-likeness (QED) is 0.897. The third kappa shape index (κ3) is 2.87. The molecule has 0 saturated carbocycles. The number of primary amides is 1. The molecule has 1 aromatic heterocycles. The Bertz CT molecular complexity index is 555. The summed E-state index contributed by atoms with van der Waals surface area (Å²) < 4.78 is 0.947. The van der Waals surface area contributed by atoms with Crippen molar-refractivity contribution in [1.29, 1.82) is 0 Å². The van der Waals surface area contributed by atoms with Crippen molar-refractivity contribution in [3.63, 3.8) is 0 Å². The largest absolute Gasteiger partial charge is 0.370 e. The minimum Gasteiger partial charge on any atom is -0.370 e. The van der Waals surface area contributed by atoms with E-state index in [1.807, 2.05) is 25.1 Å². The van der Waals surface area contributed by atoms with E-state index in [2.05, 4.69) is 10.3 Å². The van der Waals surface area contributed by atoms with Gasteiger partial charge in [-0.15, -0.1) is 0 Å². The standard InChI is InChI=1S/C11H12ClN3OS/c1-6(5-9(13)16)14-11-15-8-4-2-3-7(12)10(8)17-11/h2-4,6H,5H2,1H3,(H2,13,16)(H,14,15). The number of halogens is 1. The van der Waals surface area contributed by atoms with Crippen LogP contribution in [0, 0.1) is 0 Å². The smallest absolute Gasteiger partial charge is 0.219 e. The average Bonchev–Trinajstić information content (AvgIpc) is 2.60. The molecule has 3 N–H and O–H groups in total. The molecule has 17 heavy (non-hydrogen) atoms. The van der Waals surface area contributed by atoms with Crippen LogP contribution >= 0.6 is 22.9 Å². The Kier molecular flexibility index (Phi) is 3.49. The van der Waals surface area contributed by atoms with Crippen LogP contribution in [0.1, 0.15) is 13.3 Å². The fraction of sp³-hybridized carbons (Fsp3) is 0.273. The molecule has 4 nitrogen and oxygen atoms in total. The molecule has 2 rings (SSSR count). The van der Waals surface area contributed by atoms with E-state index in [1.54, 1.807) is 0 Å². The number of fused-ring (bicyclic) bond motifs is 1. The van der Waals surface area contributed by atoms with Crippen molar-refractivity contribution in [3.05, 3.63) is 23.2 Å². The lowest BCUT2D eigenvalue weighted by Crippen LogP contribution is -2.23. The lowest BCUT2D eigenvalue weighted by Gasteiger charge is -2.09. The van der Waals surface area contributed by atoms with Crippen molar-refractivity contribution < 1.29 is 4.79 Å². The average molecular weight is 270 g/mol. The van der Waals surface area contributed by atoms with E-state index >= 15 is 0 Å². The number of benzene rings is 1. The molecule has 1 unspecified atom stereocenters. The molecule has 0 aliphatic heterocycles. The maximum atomic E-state index is 10.8. The maximum absolute atomic E-state index is 10.8. The minimum atomic E-state index is -0.329. The molecule has 6 heteroatoms. The molecule has 0 bridgehead atoms. The first kappa shape index (κ1) is 12.1. The van der Waals surface area contributed by atoms with Crippen LogP contribution in [0.15, 0.2) is 18.2 Å². The van der Waals surface area contributed by atoms with Crippen molar-refractivity contribution in [2.45, 2.75) is 19.4 Å². The van der Waals surface area contributed by atoms with Gasteiger partial charge in [0, 0.05) is 12.5 Å². The Hall–Kier alpha value is -1.33. The van der Waals surface area contributed by atoms with E-state index in [9.17, 15) is 4.79 Å². The van der Waals surface area contributed by atoms with E-state index in [0.717, 1.165) is 15.3 Å². The molecule has 90 valence electrons. The van der Waals surface area contributed by atoms with E-state index in [1.165, 1.54) is 11.3 Å². The molecule has 1 aromatic carbocycles. The van der Waals surface area contributed by atoms with Crippen molar-refractivity contribution in [1.82, 2.24) is 4.98 Å². The zero-order chi connectivity index (χ0) is 12.4. The zero-order valence-electron chi connectivity index (χ0n) is 9.24. The number of nitrogens with two attached hydrogens (primary N) is 1. The SMILES string of the molecule is CC(CC(N)=O)Nc1nc2cccc(Cl)c2s1. The van der Waals surface area contributed by atoms with Crippen molar-refractivity contribution in [3.8, 4) is 0 Å². The predicted octanol–water partition coefficient (Wildman–Crippen LogP) is 2.63. The minimum absolute atomic E-state index is 0.0353. The summed E-state index contributed by atoms with van der Waals surface area (Å²) in [5.74, 6) is -0.329. The lowest BCUT2D eigenvalue weighted by molar-refractivity contribution is -0.118. The summed E-state index contributed by atoms with van der Waals surface area (Å²) >= 11 is 7.53. The summed E-state index contributed by atoms with van der Waals surface area (Å²) in [6.07, 6.45) is 0.281. The number of hydrogen-bond acceptors (Lipinski definition) is 4. The topological polar surface area (TPSA) is 68.0 Å². The summed E-state index contributed by atoms with van der Waals surface area (Å²) in [6.45, 7) is 1.89. The molecular formula is C11H12ClN3OS. The molecule has 0 spiro atoms. The number of aromatic nitrogens is 1. The first-order valence-corrected chi connectivity index (χ1v) is 6.35. The Morgan fingerprint density at radius 3 is 3.06 bits per heavy atom. The van der Waals surface area contributed by atoms with Gasteiger partial charge >= 0.3 is 0 Å². The van der Waals surface area contributed by atoms with Crippen LogP contribution in [0.3, 0.4) is 0 Å². The van der Waals surface area contributed by atoms with Crippen LogP contribution in [-0.4, -0.2) is 16.9 Å². The van der Waals surface area contributed by atoms with Gasteiger partial charge in [-0.05, 0) is 19.1 Å². The second kappa shape index (κ2) is 4.89. The van der Waals surface area contributed by atoms with Gasteiger partial charge in [0.2, 0.25) is 5.91 Å². The second-order valence-corrected chi connectivity index (χ2v) is 5.23. The Balaban J connectivity index is 2.20. The normalized spacial score (nSPS) is 12.6. The van der Waals surface area contributed by atoms with Crippen molar-refractivity contribution in [2.24, 2.45) is 5.73 Å². The van der Waals surface area contributed by atoms with Crippen LogP contribution in [0.4, 0.5) is 5.13 Å². The highest BCUT2D eigenvalue weighted by molar-refractivity contribution is 7.22. The van der Waals surface area contributed by atoms with Gasteiger partial charge in [-0.1, -0.05) is 29.0 Å². The van der Waals surface area contributed by atoms with Crippen LogP contribution < -0.4 is 11.1 Å². The summed E-state index contributed by atoms with van der Waals surface area (Å²) in [4.78, 5) is 15.2. The Morgan fingerprint density at radius 2 is 2.41 bits per heavy atom. The van der Waals surface area contributed by atoms with E-state index in [4.69, 9.17) is 17.3 Å². The van der Waals surface area contributed by atoms with Gasteiger partial charge in [0.25, 0.3) is 0 Å². The highest BCUT2D eigenvalue weighted by Crippen LogP contribution is 2.32. The molecular weight excluding hydrogens is 258 g/mol. The van der Waals surface area contributed by atoms with Crippen LogP contribution in [0.5, 0.6) is 0 Å². The number of nitrogens with zero attached hydrogens (tertiary/aromatic N) is 1. The maximum Gasteiger partial charge on any atom is 0.219 e. The summed E-state index contributed by atoms with van der Waals surface area (Å²) in [6, 6.07) is 5.56. The number of hydrogen-bond donors (Lipinski definition) is 2. The summed E-state index contributed by atoms with van der Waals surface area (Å²) in [5, 5.41) is 4.58. The van der Waals surface area contributed by atoms with Gasteiger partial charge < -0.3 is 11.1 Å². The summed E-state index contributed by atoms with van der Waals surface area (Å²) in [5.41, 5.74) is 5.99. The zero-order valence-corrected chi connectivity index (χ0v) is 10.8. The Labute approximate surface area is 108 Å². The first-order valence-electron chi connectivity index (χ1n) is 5.16. The highest BCUT2D eigenvalue weighted by Gasteiger charge is 2.10. The third-order valence-electron chi connectivity index (χ3n) is 2.24. The summed E-state index contributed by atoms with van der Waals surface area (Å²) in [7, 11) is 0. The third-order valence-corrected chi connectivity index (χ3v) is 3.71. The van der Waals surface area contributed by atoms with Gasteiger partial charge in [0.05, 0.1) is 15.2 Å². The van der Waals surface area contributed by atoms with Crippen molar-refractivity contribution in [2.75, 3.05) is 5.32 Å². The van der Waals surface area contributed by atoms with Crippen LogP contribution in [0.2, 0.25) is 5.02 Å². The molecule has 2 aromatic rings. The number of carbonyl (C=O) groups is 1. The molecule has 0 radical (unpaired) electrons. The van der Waals surface area contributed by atoms with E-state index in [-0.39, 0.29) is 18.4 Å². The number of anilines is 1. The monoisotopic (exact) mass is 269 g/mol. The molecule has 0 saturated heterocycles. The molecule has 1 amide bonds. The molecule has 0 aliphatic rings.